The Hall–Kier alpha value is -0.780. The van der Waals surface area contributed by atoms with E-state index in [1.165, 1.54) is 6.07 Å². The van der Waals surface area contributed by atoms with Crippen LogP contribution >= 0.6 is 22.6 Å². The van der Waals surface area contributed by atoms with E-state index >= 15 is 0 Å². The fourth-order valence-corrected chi connectivity index (χ4v) is 1.50. The van der Waals surface area contributed by atoms with Crippen molar-refractivity contribution in [3.05, 3.63) is 27.3 Å². The molecule has 0 amide bonds. The Labute approximate surface area is 103 Å². The first kappa shape index (κ1) is 12.3. The molecular formula is C11H13IO3. The van der Waals surface area contributed by atoms with Gasteiger partial charge in [0.25, 0.3) is 0 Å². The molecule has 3 nitrogen and oxygen atoms in total. The molecule has 0 aromatic heterocycles. The number of hydrogen-bond acceptors (Lipinski definition) is 3. The molecule has 0 aliphatic heterocycles. The van der Waals surface area contributed by atoms with E-state index in [1.54, 1.807) is 32.9 Å². The summed E-state index contributed by atoms with van der Waals surface area (Å²) in [5, 5.41) is 9.50. The van der Waals surface area contributed by atoms with E-state index in [2.05, 4.69) is 22.6 Å². The van der Waals surface area contributed by atoms with E-state index in [9.17, 15) is 9.90 Å². The van der Waals surface area contributed by atoms with Crippen molar-refractivity contribution in [3.8, 4) is 5.75 Å². The van der Waals surface area contributed by atoms with Crippen LogP contribution in [0, 0.1) is 3.57 Å². The lowest BCUT2D eigenvalue weighted by molar-refractivity contribution is 0.00667. The zero-order valence-electron chi connectivity index (χ0n) is 8.87. The number of ether oxygens (including phenoxy) is 1. The molecule has 0 unspecified atom stereocenters. The third kappa shape index (κ3) is 3.70. The van der Waals surface area contributed by atoms with E-state index in [-0.39, 0.29) is 11.3 Å². The van der Waals surface area contributed by atoms with Gasteiger partial charge in [0.2, 0.25) is 0 Å². The topological polar surface area (TPSA) is 46.5 Å². The molecule has 1 N–H and O–H groups in total. The molecule has 0 spiro atoms. The highest BCUT2D eigenvalue weighted by Crippen LogP contribution is 2.22. The van der Waals surface area contributed by atoms with Gasteiger partial charge in [0, 0.05) is 3.57 Å². The number of esters is 1. The largest absolute Gasteiger partial charge is 0.507 e. The van der Waals surface area contributed by atoms with Crippen LogP contribution in [-0.2, 0) is 4.74 Å². The molecule has 1 aromatic rings. The van der Waals surface area contributed by atoms with Crippen molar-refractivity contribution in [1.82, 2.24) is 0 Å². The monoisotopic (exact) mass is 320 g/mol. The van der Waals surface area contributed by atoms with Crippen molar-refractivity contribution in [2.75, 3.05) is 0 Å². The fraction of sp³-hybridized carbons (Fsp3) is 0.364. The van der Waals surface area contributed by atoms with E-state index < -0.39 is 11.6 Å². The quantitative estimate of drug-likeness (QED) is 0.639. The van der Waals surface area contributed by atoms with Gasteiger partial charge in [-0.15, -0.1) is 0 Å². The van der Waals surface area contributed by atoms with Crippen LogP contribution < -0.4 is 0 Å². The summed E-state index contributed by atoms with van der Waals surface area (Å²) in [5.41, 5.74) is -0.345. The molecule has 4 heteroatoms. The van der Waals surface area contributed by atoms with Crippen molar-refractivity contribution in [3.63, 3.8) is 0 Å². The Kier molecular flexibility index (Phi) is 3.59. The van der Waals surface area contributed by atoms with Gasteiger partial charge in [-0.2, -0.15) is 0 Å². The van der Waals surface area contributed by atoms with Crippen LogP contribution in [0.2, 0.25) is 0 Å². The smallest absolute Gasteiger partial charge is 0.342 e. The molecule has 0 saturated heterocycles. The van der Waals surface area contributed by atoms with Gasteiger partial charge in [0.1, 0.15) is 16.9 Å². The van der Waals surface area contributed by atoms with Crippen LogP contribution in [0.5, 0.6) is 5.75 Å². The van der Waals surface area contributed by atoms with Gasteiger partial charge >= 0.3 is 5.97 Å². The number of benzene rings is 1. The minimum absolute atomic E-state index is 0.0512. The van der Waals surface area contributed by atoms with Crippen molar-refractivity contribution < 1.29 is 14.6 Å². The number of hydrogen-bond donors (Lipinski definition) is 1. The predicted octanol–water partition coefficient (Wildman–Crippen LogP) is 2.95. The number of carbonyl (C=O) groups excluding carboxylic acids is 1. The molecule has 0 fully saturated rings. The number of aromatic hydroxyl groups is 1. The summed E-state index contributed by atoms with van der Waals surface area (Å²) in [6.07, 6.45) is 0. The number of phenols is 1. The normalized spacial score (nSPS) is 11.2. The number of rotatable bonds is 1. The standard InChI is InChI=1S/C11H13IO3/c1-11(2,3)15-10(14)8-6-7(12)4-5-9(8)13/h4-6,13H,1-3H3. The molecule has 82 valence electrons. The molecule has 0 saturated carbocycles. The van der Waals surface area contributed by atoms with E-state index in [0.717, 1.165) is 3.57 Å². The lowest BCUT2D eigenvalue weighted by Gasteiger charge is -2.19. The Morgan fingerprint density at radius 2 is 2.00 bits per heavy atom. The second kappa shape index (κ2) is 4.38. The average molecular weight is 320 g/mol. The fourth-order valence-electron chi connectivity index (χ4n) is 1.00. The summed E-state index contributed by atoms with van der Waals surface area (Å²) >= 11 is 2.07. The van der Waals surface area contributed by atoms with Gasteiger partial charge in [0.15, 0.2) is 0 Å². The lowest BCUT2D eigenvalue weighted by atomic mass is 10.1. The summed E-state index contributed by atoms with van der Waals surface area (Å²) in [6.45, 7) is 5.36. The van der Waals surface area contributed by atoms with Gasteiger partial charge in [-0.25, -0.2) is 4.79 Å². The highest BCUT2D eigenvalue weighted by Gasteiger charge is 2.20. The van der Waals surface area contributed by atoms with Crippen LogP contribution in [0.25, 0.3) is 0 Å². The highest BCUT2D eigenvalue weighted by molar-refractivity contribution is 14.1. The van der Waals surface area contributed by atoms with Gasteiger partial charge in [-0.3, -0.25) is 0 Å². The molecule has 0 aliphatic carbocycles. The van der Waals surface area contributed by atoms with Crippen LogP contribution in [0.4, 0.5) is 0 Å². The molecule has 0 radical (unpaired) electrons. The summed E-state index contributed by atoms with van der Waals surface area (Å²) in [7, 11) is 0. The Morgan fingerprint density at radius 3 is 2.53 bits per heavy atom. The SMILES string of the molecule is CC(C)(C)OC(=O)c1cc(I)ccc1O. The molecule has 0 heterocycles. The number of halogens is 1. The predicted molar refractivity (Wildman–Crippen MR) is 66.0 cm³/mol. The van der Waals surface area contributed by atoms with Gasteiger partial charge < -0.3 is 9.84 Å². The van der Waals surface area contributed by atoms with Gasteiger partial charge in [-0.05, 0) is 61.6 Å². The molecule has 0 aliphatic rings. The average Bonchev–Trinajstić information content (AvgIpc) is 2.06. The van der Waals surface area contributed by atoms with Crippen LogP contribution in [0.15, 0.2) is 18.2 Å². The highest BCUT2D eigenvalue weighted by atomic mass is 127. The second-order valence-electron chi connectivity index (χ2n) is 4.16. The Morgan fingerprint density at radius 1 is 1.40 bits per heavy atom. The van der Waals surface area contributed by atoms with Crippen LogP contribution in [0.1, 0.15) is 31.1 Å². The first-order valence-electron chi connectivity index (χ1n) is 4.51. The molecule has 0 atom stereocenters. The maximum Gasteiger partial charge on any atom is 0.342 e. The van der Waals surface area contributed by atoms with Crippen LogP contribution in [0.3, 0.4) is 0 Å². The van der Waals surface area contributed by atoms with Crippen molar-refractivity contribution >= 4 is 28.6 Å². The van der Waals surface area contributed by atoms with Gasteiger partial charge in [0.05, 0.1) is 0 Å². The Balaban J connectivity index is 2.96. The minimum Gasteiger partial charge on any atom is -0.507 e. The maximum absolute atomic E-state index is 11.6. The van der Waals surface area contributed by atoms with Crippen molar-refractivity contribution in [1.29, 1.82) is 0 Å². The van der Waals surface area contributed by atoms with E-state index in [4.69, 9.17) is 4.74 Å². The third-order valence-electron chi connectivity index (χ3n) is 1.58. The maximum atomic E-state index is 11.6. The number of phenolic OH excluding ortho intramolecular Hbond substituents is 1. The zero-order chi connectivity index (χ0) is 11.6. The summed E-state index contributed by atoms with van der Waals surface area (Å²) in [5.74, 6) is -0.553. The molecule has 0 bridgehead atoms. The summed E-state index contributed by atoms with van der Waals surface area (Å²) in [6, 6.07) is 4.81. The Bertz CT molecular complexity index is 380. The van der Waals surface area contributed by atoms with E-state index in [0.29, 0.717) is 0 Å². The van der Waals surface area contributed by atoms with Crippen LogP contribution in [-0.4, -0.2) is 16.7 Å². The summed E-state index contributed by atoms with van der Waals surface area (Å²) in [4.78, 5) is 11.6. The lowest BCUT2D eigenvalue weighted by Crippen LogP contribution is -2.24. The zero-order valence-corrected chi connectivity index (χ0v) is 11.0. The van der Waals surface area contributed by atoms with Gasteiger partial charge in [-0.1, -0.05) is 0 Å². The first-order valence-corrected chi connectivity index (χ1v) is 5.59. The second-order valence-corrected chi connectivity index (χ2v) is 5.41. The molecule has 1 aromatic carbocycles. The molecule has 15 heavy (non-hydrogen) atoms. The van der Waals surface area contributed by atoms with Crippen molar-refractivity contribution in [2.24, 2.45) is 0 Å². The first-order chi connectivity index (χ1) is 6.79. The van der Waals surface area contributed by atoms with E-state index in [1.807, 2.05) is 0 Å². The molecular weight excluding hydrogens is 307 g/mol. The third-order valence-corrected chi connectivity index (χ3v) is 2.25. The van der Waals surface area contributed by atoms with Crippen molar-refractivity contribution in [2.45, 2.75) is 26.4 Å². The number of carbonyl (C=O) groups is 1. The minimum atomic E-state index is -0.551. The molecule has 1 rings (SSSR count). The summed E-state index contributed by atoms with van der Waals surface area (Å²) < 4.78 is 6.04.